The smallest absolute Gasteiger partial charge is 0.266 e. The Balaban J connectivity index is 1.73. The number of aryl methyl sites for hydroxylation is 3. The van der Waals surface area contributed by atoms with Crippen LogP contribution in [0, 0.1) is 13.8 Å². The first-order valence-electron chi connectivity index (χ1n) is 9.50. The predicted octanol–water partition coefficient (Wildman–Crippen LogP) is 3.59. The number of fused-ring (bicyclic) bond motifs is 1. The molecule has 6 nitrogen and oxygen atoms in total. The van der Waals surface area contributed by atoms with Crippen LogP contribution < -0.4 is 4.80 Å². The highest BCUT2D eigenvalue weighted by Crippen LogP contribution is 2.28. The third-order valence-corrected chi connectivity index (χ3v) is 9.80. The second-order valence-electron chi connectivity index (χ2n) is 7.36. The molecule has 29 heavy (non-hydrogen) atoms. The predicted molar refractivity (Wildman–Crippen MR) is 117 cm³/mol. The van der Waals surface area contributed by atoms with Gasteiger partial charge in [-0.05, 0) is 61.4 Å². The average Bonchev–Trinajstić information content (AvgIpc) is 3.33. The number of amides is 1. The molecule has 0 aliphatic carbocycles. The Morgan fingerprint density at radius 1 is 1.21 bits per heavy atom. The largest absolute Gasteiger partial charge is 0.319 e. The Kier molecular flexibility index (Phi) is 5.50. The molecular weight excluding hydrogens is 426 g/mol. The lowest BCUT2D eigenvalue weighted by molar-refractivity contribution is -0.122. The first-order valence-corrected chi connectivity index (χ1v) is 12.6. The highest BCUT2D eigenvalue weighted by atomic mass is 32.2. The van der Waals surface area contributed by atoms with Gasteiger partial charge in [0.2, 0.25) is 0 Å². The van der Waals surface area contributed by atoms with Crippen LogP contribution >= 0.6 is 22.7 Å². The Bertz CT molecular complexity index is 1240. The Labute approximate surface area is 178 Å². The Hall–Kier alpha value is -1.81. The van der Waals surface area contributed by atoms with Crippen LogP contribution in [0.5, 0.6) is 0 Å². The van der Waals surface area contributed by atoms with Crippen LogP contribution in [0.2, 0.25) is 0 Å². The van der Waals surface area contributed by atoms with Crippen molar-refractivity contribution >= 4 is 48.8 Å². The number of piperidine rings is 1. The van der Waals surface area contributed by atoms with Crippen LogP contribution in [0.1, 0.15) is 30.4 Å². The molecule has 1 aromatic carbocycles. The van der Waals surface area contributed by atoms with E-state index >= 15 is 0 Å². The summed E-state index contributed by atoms with van der Waals surface area (Å²) in [5.74, 6) is -0.388. The van der Waals surface area contributed by atoms with Crippen LogP contribution in [-0.2, 0) is 21.9 Å². The highest BCUT2D eigenvalue weighted by Gasteiger charge is 2.38. The molecule has 9 heteroatoms. The Morgan fingerprint density at radius 3 is 2.69 bits per heavy atom. The molecule has 3 heterocycles. The second-order valence-corrected chi connectivity index (χ2v) is 11.4. The molecule has 1 unspecified atom stereocenters. The second kappa shape index (κ2) is 7.79. The third-order valence-electron chi connectivity index (χ3n) is 5.43. The van der Waals surface area contributed by atoms with E-state index in [4.69, 9.17) is 0 Å². The van der Waals surface area contributed by atoms with Gasteiger partial charge in [0.05, 0.1) is 10.2 Å². The van der Waals surface area contributed by atoms with Crippen LogP contribution in [0.4, 0.5) is 0 Å². The van der Waals surface area contributed by atoms with Gasteiger partial charge in [0.25, 0.3) is 15.9 Å². The van der Waals surface area contributed by atoms with Gasteiger partial charge in [-0.25, -0.2) is 8.42 Å². The topological polar surface area (TPSA) is 71.7 Å². The first kappa shape index (κ1) is 20.5. The number of hydrogen-bond acceptors (Lipinski definition) is 5. The molecule has 1 atom stereocenters. The lowest BCUT2D eigenvalue weighted by Crippen LogP contribution is -2.47. The molecule has 154 valence electrons. The van der Waals surface area contributed by atoms with E-state index < -0.39 is 16.1 Å². The maximum atomic E-state index is 13.1. The van der Waals surface area contributed by atoms with Crippen LogP contribution in [0.15, 0.2) is 38.8 Å². The summed E-state index contributed by atoms with van der Waals surface area (Å²) >= 11 is 2.63. The molecule has 1 aliphatic rings. The van der Waals surface area contributed by atoms with Gasteiger partial charge in [-0.1, -0.05) is 23.8 Å². The van der Waals surface area contributed by atoms with Gasteiger partial charge in [0.1, 0.15) is 10.3 Å². The normalized spacial score (nSPS) is 19.1. The molecule has 1 saturated heterocycles. The molecular formula is C20H23N3O3S3. The lowest BCUT2D eigenvalue weighted by atomic mass is 10.0. The summed E-state index contributed by atoms with van der Waals surface area (Å²) in [6.45, 7) is 4.47. The molecule has 0 bridgehead atoms. The minimum absolute atomic E-state index is 0.274. The SMILES string of the molecule is Cc1cc2sc(=NC(=O)C3CCCCN3S(=O)(=O)c3cccs3)n(C)c2cc1C. The van der Waals surface area contributed by atoms with Gasteiger partial charge in [-0.2, -0.15) is 9.30 Å². The Morgan fingerprint density at radius 2 is 1.97 bits per heavy atom. The molecule has 1 amide bonds. The van der Waals surface area contributed by atoms with Crippen molar-refractivity contribution in [3.8, 4) is 0 Å². The summed E-state index contributed by atoms with van der Waals surface area (Å²) < 4.78 is 30.7. The van der Waals surface area contributed by atoms with E-state index in [-0.39, 0.29) is 10.1 Å². The van der Waals surface area contributed by atoms with Crippen molar-refractivity contribution in [2.24, 2.45) is 12.0 Å². The van der Waals surface area contributed by atoms with E-state index in [0.717, 1.165) is 23.1 Å². The lowest BCUT2D eigenvalue weighted by Gasteiger charge is -2.31. The van der Waals surface area contributed by atoms with Gasteiger partial charge >= 0.3 is 0 Å². The fraction of sp³-hybridized carbons (Fsp3) is 0.400. The number of carbonyl (C=O) groups is 1. The van der Waals surface area contributed by atoms with Gasteiger partial charge < -0.3 is 4.57 Å². The summed E-state index contributed by atoms with van der Waals surface area (Å²) in [6.07, 6.45) is 2.07. The average molecular weight is 450 g/mol. The summed E-state index contributed by atoms with van der Waals surface area (Å²) in [4.78, 5) is 18.0. The summed E-state index contributed by atoms with van der Waals surface area (Å²) in [6, 6.07) is 6.75. The van der Waals surface area contributed by atoms with Crippen molar-refractivity contribution in [3.63, 3.8) is 0 Å². The van der Waals surface area contributed by atoms with Gasteiger partial charge in [0, 0.05) is 13.6 Å². The van der Waals surface area contributed by atoms with Crippen LogP contribution in [-0.4, -0.2) is 35.8 Å². The maximum absolute atomic E-state index is 13.1. The minimum Gasteiger partial charge on any atom is -0.319 e. The maximum Gasteiger partial charge on any atom is 0.266 e. The molecule has 0 N–H and O–H groups in total. The number of hydrogen-bond donors (Lipinski definition) is 0. The van der Waals surface area contributed by atoms with Crippen molar-refractivity contribution in [3.05, 3.63) is 45.6 Å². The van der Waals surface area contributed by atoms with E-state index in [1.807, 2.05) is 11.6 Å². The first-order chi connectivity index (χ1) is 13.8. The third kappa shape index (κ3) is 3.72. The zero-order chi connectivity index (χ0) is 20.8. The van der Waals surface area contributed by atoms with E-state index in [1.165, 1.54) is 38.1 Å². The van der Waals surface area contributed by atoms with E-state index in [0.29, 0.717) is 17.8 Å². The minimum atomic E-state index is -3.68. The summed E-state index contributed by atoms with van der Waals surface area (Å²) in [5.41, 5.74) is 3.40. The number of sulfonamides is 1. The molecule has 1 fully saturated rings. The molecule has 0 saturated carbocycles. The van der Waals surface area contributed by atoms with Crippen LogP contribution in [0.25, 0.3) is 10.2 Å². The highest BCUT2D eigenvalue weighted by molar-refractivity contribution is 7.91. The number of thiazole rings is 1. The van der Waals surface area contributed by atoms with Crippen molar-refractivity contribution in [2.75, 3.05) is 6.54 Å². The number of carbonyl (C=O) groups excluding carboxylic acids is 1. The van der Waals surface area contributed by atoms with Gasteiger partial charge in [-0.15, -0.1) is 11.3 Å². The summed E-state index contributed by atoms with van der Waals surface area (Å²) in [5, 5.41) is 1.74. The monoisotopic (exact) mass is 449 g/mol. The fourth-order valence-corrected chi connectivity index (χ4v) is 7.49. The van der Waals surface area contributed by atoms with Crippen LogP contribution in [0.3, 0.4) is 0 Å². The van der Waals surface area contributed by atoms with E-state index in [1.54, 1.807) is 17.5 Å². The molecule has 0 spiro atoms. The standard InChI is InChI=1S/C20H23N3O3S3/c1-13-11-16-17(12-14(13)2)28-20(22(16)3)21-19(24)15-7-4-5-9-23(15)29(25,26)18-8-6-10-27-18/h6,8,10-12,15H,4-5,7,9H2,1-3H3. The van der Waals surface area contributed by atoms with Gasteiger partial charge in [0.15, 0.2) is 4.80 Å². The molecule has 4 rings (SSSR count). The van der Waals surface area contributed by atoms with E-state index in [2.05, 4.69) is 31.0 Å². The van der Waals surface area contributed by atoms with Crippen molar-refractivity contribution in [1.82, 2.24) is 8.87 Å². The zero-order valence-corrected chi connectivity index (χ0v) is 19.0. The van der Waals surface area contributed by atoms with E-state index in [9.17, 15) is 13.2 Å². The van der Waals surface area contributed by atoms with Crippen molar-refractivity contribution in [1.29, 1.82) is 0 Å². The fourth-order valence-electron chi connectivity index (χ4n) is 3.62. The molecule has 0 radical (unpaired) electrons. The number of nitrogens with zero attached hydrogens (tertiary/aromatic N) is 3. The summed E-state index contributed by atoms with van der Waals surface area (Å²) in [7, 11) is -1.79. The number of aromatic nitrogens is 1. The van der Waals surface area contributed by atoms with Gasteiger partial charge in [-0.3, -0.25) is 4.79 Å². The van der Waals surface area contributed by atoms with Crippen molar-refractivity contribution < 1.29 is 13.2 Å². The number of thiophene rings is 1. The zero-order valence-electron chi connectivity index (χ0n) is 16.6. The molecule has 1 aliphatic heterocycles. The number of benzene rings is 1. The quantitative estimate of drug-likeness (QED) is 0.613. The number of rotatable bonds is 3. The molecule has 3 aromatic rings. The molecule has 2 aromatic heterocycles. The van der Waals surface area contributed by atoms with Crippen molar-refractivity contribution in [2.45, 2.75) is 43.4 Å².